The summed E-state index contributed by atoms with van der Waals surface area (Å²) in [6, 6.07) is 11.3. The fraction of sp³-hybridized carbons (Fsp3) is 0.273. The summed E-state index contributed by atoms with van der Waals surface area (Å²) in [6.45, 7) is 2.92. The van der Waals surface area contributed by atoms with Gasteiger partial charge in [-0.15, -0.1) is 11.3 Å². The van der Waals surface area contributed by atoms with Crippen molar-refractivity contribution in [2.45, 2.75) is 19.8 Å². The van der Waals surface area contributed by atoms with Gasteiger partial charge in [-0.3, -0.25) is 14.6 Å². The molecular weight excluding hydrogens is 464 g/mol. The molecule has 1 N–H and O–H groups in total. The Balaban J connectivity index is 1.46. The van der Waals surface area contributed by atoms with Crippen LogP contribution in [0.4, 0.5) is 5.69 Å². The van der Waals surface area contributed by atoms with E-state index in [4.69, 9.17) is 0 Å². The molecule has 8 heteroatoms. The molecule has 1 unspecified atom stereocenters. The van der Waals surface area contributed by atoms with Crippen molar-refractivity contribution in [1.29, 1.82) is 0 Å². The van der Waals surface area contributed by atoms with E-state index in [9.17, 15) is 9.59 Å². The van der Waals surface area contributed by atoms with Crippen LogP contribution < -0.4 is 5.32 Å². The highest BCUT2D eigenvalue weighted by molar-refractivity contribution is 9.10. The zero-order valence-electron chi connectivity index (χ0n) is 16.5. The van der Waals surface area contributed by atoms with Crippen LogP contribution in [-0.4, -0.2) is 39.8 Å². The van der Waals surface area contributed by atoms with Crippen molar-refractivity contribution in [3.8, 4) is 10.6 Å². The number of halogens is 1. The Morgan fingerprint density at radius 3 is 2.90 bits per heavy atom. The maximum atomic E-state index is 13.2. The van der Waals surface area contributed by atoms with Gasteiger partial charge in [-0.1, -0.05) is 22.0 Å². The van der Waals surface area contributed by atoms with Crippen LogP contribution in [0.25, 0.3) is 10.6 Å². The summed E-state index contributed by atoms with van der Waals surface area (Å²) in [4.78, 5) is 37.0. The van der Waals surface area contributed by atoms with Gasteiger partial charge in [-0.2, -0.15) is 0 Å². The van der Waals surface area contributed by atoms with Crippen LogP contribution in [0.3, 0.4) is 0 Å². The molecule has 30 heavy (non-hydrogen) atoms. The number of carbonyl (C=O) groups is 2. The number of pyridine rings is 1. The number of benzene rings is 1. The predicted octanol–water partition coefficient (Wildman–Crippen LogP) is 4.77. The van der Waals surface area contributed by atoms with Crippen LogP contribution in [0.15, 0.2) is 53.3 Å². The van der Waals surface area contributed by atoms with Crippen molar-refractivity contribution < 1.29 is 9.59 Å². The molecule has 0 bridgehead atoms. The number of aryl methyl sites for hydroxylation is 1. The van der Waals surface area contributed by atoms with Crippen molar-refractivity contribution in [3.63, 3.8) is 0 Å². The lowest BCUT2D eigenvalue weighted by Crippen LogP contribution is -2.43. The number of hydrogen-bond acceptors (Lipinski definition) is 5. The number of hydrogen-bond donors (Lipinski definition) is 1. The minimum absolute atomic E-state index is 0.0531. The summed E-state index contributed by atoms with van der Waals surface area (Å²) >= 11 is 4.80. The smallest absolute Gasteiger partial charge is 0.265 e. The Morgan fingerprint density at radius 1 is 1.27 bits per heavy atom. The van der Waals surface area contributed by atoms with E-state index in [2.05, 4.69) is 31.2 Å². The van der Waals surface area contributed by atoms with E-state index in [0.29, 0.717) is 23.7 Å². The third kappa shape index (κ3) is 4.60. The molecule has 0 radical (unpaired) electrons. The summed E-state index contributed by atoms with van der Waals surface area (Å²) in [5.74, 6) is -0.338. The molecule has 1 fully saturated rings. The Kier molecular flexibility index (Phi) is 6.24. The number of rotatable bonds is 4. The number of anilines is 1. The van der Waals surface area contributed by atoms with Crippen molar-refractivity contribution >= 4 is 44.8 Å². The topological polar surface area (TPSA) is 75.2 Å². The highest BCUT2D eigenvalue weighted by Crippen LogP contribution is 2.30. The minimum atomic E-state index is -0.229. The van der Waals surface area contributed by atoms with E-state index in [1.54, 1.807) is 17.3 Å². The van der Waals surface area contributed by atoms with E-state index >= 15 is 0 Å². The summed E-state index contributed by atoms with van der Waals surface area (Å²) < 4.78 is 0.908. The molecule has 154 valence electrons. The van der Waals surface area contributed by atoms with E-state index in [0.717, 1.165) is 33.6 Å². The number of nitrogens with one attached hydrogen (secondary N) is 1. The summed E-state index contributed by atoms with van der Waals surface area (Å²) in [5, 5.41) is 3.75. The van der Waals surface area contributed by atoms with Gasteiger partial charge in [0.05, 0.1) is 11.6 Å². The molecule has 6 nitrogen and oxygen atoms in total. The van der Waals surface area contributed by atoms with Crippen LogP contribution in [0.1, 0.15) is 28.2 Å². The lowest BCUT2D eigenvalue weighted by atomic mass is 9.96. The van der Waals surface area contributed by atoms with Crippen molar-refractivity contribution in [1.82, 2.24) is 14.9 Å². The molecule has 0 saturated carbocycles. The average Bonchev–Trinajstić information content (AvgIpc) is 3.15. The fourth-order valence-corrected chi connectivity index (χ4v) is 4.96. The zero-order chi connectivity index (χ0) is 21.1. The molecule has 4 rings (SSSR count). The van der Waals surface area contributed by atoms with Gasteiger partial charge in [0.15, 0.2) is 0 Å². The Morgan fingerprint density at radius 2 is 2.13 bits per heavy atom. The SMILES string of the molecule is Cc1nc(-c2cccnc2)sc1C(=O)N1CCCC(C(=O)Nc2cccc(Br)c2)C1. The van der Waals surface area contributed by atoms with Crippen LogP contribution in [0.2, 0.25) is 0 Å². The van der Waals surface area contributed by atoms with Gasteiger partial charge in [0.1, 0.15) is 9.88 Å². The third-order valence-corrected chi connectivity index (χ3v) is 6.76. The Labute approximate surface area is 187 Å². The van der Waals surface area contributed by atoms with Crippen LogP contribution in [0, 0.1) is 12.8 Å². The summed E-state index contributed by atoms with van der Waals surface area (Å²) in [6.07, 6.45) is 5.03. The van der Waals surface area contributed by atoms with Crippen LogP contribution in [-0.2, 0) is 4.79 Å². The number of thiazole rings is 1. The monoisotopic (exact) mass is 484 g/mol. The zero-order valence-corrected chi connectivity index (χ0v) is 18.9. The minimum Gasteiger partial charge on any atom is -0.337 e. The molecule has 0 aliphatic carbocycles. The molecule has 1 atom stereocenters. The molecule has 1 aliphatic heterocycles. The first kappa shape index (κ1) is 20.7. The van der Waals surface area contributed by atoms with E-state index in [-0.39, 0.29) is 17.7 Å². The Bertz CT molecular complexity index is 1070. The first-order valence-corrected chi connectivity index (χ1v) is 11.4. The molecule has 2 aromatic heterocycles. The maximum absolute atomic E-state index is 13.2. The fourth-order valence-electron chi connectivity index (χ4n) is 3.54. The van der Waals surface area contributed by atoms with Crippen molar-refractivity contribution in [2.24, 2.45) is 5.92 Å². The number of carbonyl (C=O) groups excluding carboxylic acids is 2. The molecular formula is C22H21BrN4O2S. The Hall–Kier alpha value is -2.58. The number of likely N-dealkylation sites (tertiary alicyclic amines) is 1. The molecule has 1 aliphatic rings. The number of amides is 2. The first-order chi connectivity index (χ1) is 14.5. The van der Waals surface area contributed by atoms with E-state index in [1.807, 2.05) is 43.3 Å². The van der Waals surface area contributed by atoms with Gasteiger partial charge in [-0.05, 0) is 50.1 Å². The third-order valence-electron chi connectivity index (χ3n) is 5.07. The van der Waals surface area contributed by atoms with Gasteiger partial charge in [0.25, 0.3) is 5.91 Å². The molecule has 1 aromatic carbocycles. The van der Waals surface area contributed by atoms with Gasteiger partial charge in [0, 0.05) is 41.2 Å². The van der Waals surface area contributed by atoms with Crippen LogP contribution in [0.5, 0.6) is 0 Å². The summed E-state index contributed by atoms with van der Waals surface area (Å²) in [7, 11) is 0. The number of aromatic nitrogens is 2. The molecule has 3 aromatic rings. The molecule has 3 heterocycles. The predicted molar refractivity (Wildman–Crippen MR) is 121 cm³/mol. The van der Waals surface area contributed by atoms with Crippen molar-refractivity contribution in [2.75, 3.05) is 18.4 Å². The van der Waals surface area contributed by atoms with Gasteiger partial charge in [0.2, 0.25) is 5.91 Å². The van der Waals surface area contributed by atoms with Gasteiger partial charge < -0.3 is 10.2 Å². The first-order valence-electron chi connectivity index (χ1n) is 9.75. The second-order valence-electron chi connectivity index (χ2n) is 7.27. The maximum Gasteiger partial charge on any atom is 0.265 e. The molecule has 1 saturated heterocycles. The normalized spacial score (nSPS) is 16.3. The lowest BCUT2D eigenvalue weighted by Gasteiger charge is -2.31. The quantitative estimate of drug-likeness (QED) is 0.578. The number of piperidine rings is 1. The van der Waals surface area contributed by atoms with Crippen LogP contribution >= 0.6 is 27.3 Å². The standard InChI is InChI=1S/C22H21BrN4O2S/c1-14-19(30-21(25-14)15-5-3-9-24-12-15)22(29)27-10-4-6-16(13-27)20(28)26-18-8-2-7-17(23)11-18/h2-3,5,7-9,11-12,16H,4,6,10,13H2,1H3,(H,26,28). The van der Waals surface area contributed by atoms with Crippen molar-refractivity contribution in [3.05, 3.63) is 63.8 Å². The molecule has 2 amide bonds. The lowest BCUT2D eigenvalue weighted by molar-refractivity contribution is -0.121. The second-order valence-corrected chi connectivity index (χ2v) is 9.18. The highest BCUT2D eigenvalue weighted by Gasteiger charge is 2.30. The van der Waals surface area contributed by atoms with E-state index < -0.39 is 0 Å². The summed E-state index contributed by atoms with van der Waals surface area (Å²) in [5.41, 5.74) is 2.36. The second kappa shape index (κ2) is 9.06. The van der Waals surface area contributed by atoms with Gasteiger partial charge >= 0.3 is 0 Å². The van der Waals surface area contributed by atoms with E-state index in [1.165, 1.54) is 11.3 Å². The average molecular weight is 485 g/mol. The highest BCUT2D eigenvalue weighted by atomic mass is 79.9. The largest absolute Gasteiger partial charge is 0.337 e. The number of nitrogens with zero attached hydrogens (tertiary/aromatic N) is 3. The molecule has 0 spiro atoms. The van der Waals surface area contributed by atoms with Gasteiger partial charge in [-0.25, -0.2) is 4.98 Å².